The standard InChI is InChI=1S/C21H23NO6/c1-14(20(23)22(2)13-15-7-5-4-6-8-15)28-21(24)16-11-17(25-3)19-18(12-16)26-9-10-27-19/h4-8,11-12,14H,9-10,13H2,1-3H3/t14-/m1/s1. The van der Waals surface area contributed by atoms with E-state index in [0.717, 1.165) is 5.56 Å². The van der Waals surface area contributed by atoms with Gasteiger partial charge in [-0.2, -0.15) is 0 Å². The number of ether oxygens (including phenoxy) is 4. The largest absolute Gasteiger partial charge is 0.493 e. The van der Waals surface area contributed by atoms with Gasteiger partial charge in [-0.25, -0.2) is 4.79 Å². The van der Waals surface area contributed by atoms with Crippen molar-refractivity contribution in [2.75, 3.05) is 27.4 Å². The lowest BCUT2D eigenvalue weighted by Crippen LogP contribution is -2.37. The number of methoxy groups -OCH3 is 1. The minimum absolute atomic E-state index is 0.228. The minimum Gasteiger partial charge on any atom is -0.493 e. The van der Waals surface area contributed by atoms with Crippen LogP contribution in [0.5, 0.6) is 17.2 Å². The lowest BCUT2D eigenvalue weighted by Gasteiger charge is -2.23. The number of nitrogens with zero attached hydrogens (tertiary/aromatic N) is 1. The summed E-state index contributed by atoms with van der Waals surface area (Å²) in [4.78, 5) is 26.6. The van der Waals surface area contributed by atoms with Gasteiger partial charge in [0.2, 0.25) is 5.75 Å². The Bertz CT molecular complexity index is 834. The molecule has 0 fully saturated rings. The fourth-order valence-corrected chi connectivity index (χ4v) is 2.92. The molecule has 0 unspecified atom stereocenters. The van der Waals surface area contributed by atoms with E-state index in [2.05, 4.69) is 0 Å². The Labute approximate surface area is 163 Å². The summed E-state index contributed by atoms with van der Waals surface area (Å²) in [5.41, 5.74) is 1.22. The highest BCUT2D eigenvalue weighted by Gasteiger charge is 2.25. The van der Waals surface area contributed by atoms with Crippen molar-refractivity contribution in [2.24, 2.45) is 0 Å². The van der Waals surface area contributed by atoms with Gasteiger partial charge in [-0.1, -0.05) is 30.3 Å². The fourth-order valence-electron chi connectivity index (χ4n) is 2.92. The van der Waals surface area contributed by atoms with Gasteiger partial charge in [0, 0.05) is 13.6 Å². The number of esters is 1. The van der Waals surface area contributed by atoms with Crippen molar-refractivity contribution in [1.82, 2.24) is 4.90 Å². The lowest BCUT2D eigenvalue weighted by atomic mass is 10.1. The molecule has 0 spiro atoms. The highest BCUT2D eigenvalue weighted by Crippen LogP contribution is 2.40. The SMILES string of the molecule is COc1cc(C(=O)O[C@H](C)C(=O)N(C)Cc2ccccc2)cc2c1OCCO2. The molecule has 0 N–H and O–H groups in total. The molecule has 0 radical (unpaired) electrons. The smallest absolute Gasteiger partial charge is 0.339 e. The molecule has 7 heteroatoms. The molecule has 2 aromatic carbocycles. The van der Waals surface area contributed by atoms with E-state index in [4.69, 9.17) is 18.9 Å². The first kappa shape index (κ1) is 19.5. The summed E-state index contributed by atoms with van der Waals surface area (Å²) in [7, 11) is 3.15. The first-order valence-electron chi connectivity index (χ1n) is 8.97. The zero-order chi connectivity index (χ0) is 20.1. The molecular weight excluding hydrogens is 362 g/mol. The molecule has 28 heavy (non-hydrogen) atoms. The van der Waals surface area contributed by atoms with Crippen LogP contribution in [0, 0.1) is 0 Å². The third-order valence-corrected chi connectivity index (χ3v) is 4.33. The Morgan fingerprint density at radius 3 is 2.57 bits per heavy atom. The fraction of sp³-hybridized carbons (Fsp3) is 0.333. The molecule has 7 nitrogen and oxygen atoms in total. The highest BCUT2D eigenvalue weighted by molar-refractivity contribution is 5.93. The third kappa shape index (κ3) is 4.36. The van der Waals surface area contributed by atoms with Crippen molar-refractivity contribution in [2.45, 2.75) is 19.6 Å². The van der Waals surface area contributed by atoms with Crippen molar-refractivity contribution in [1.29, 1.82) is 0 Å². The first-order valence-corrected chi connectivity index (χ1v) is 8.97. The molecule has 0 aromatic heterocycles. The molecule has 1 aliphatic heterocycles. The molecular formula is C21H23NO6. The van der Waals surface area contributed by atoms with Crippen molar-refractivity contribution in [3.8, 4) is 17.2 Å². The molecule has 1 amide bonds. The van der Waals surface area contributed by atoms with Gasteiger partial charge in [-0.3, -0.25) is 4.79 Å². The second-order valence-electron chi connectivity index (χ2n) is 6.43. The number of fused-ring (bicyclic) bond motifs is 1. The summed E-state index contributed by atoms with van der Waals surface area (Å²) in [6, 6.07) is 12.6. The molecule has 1 atom stereocenters. The maximum absolute atomic E-state index is 12.5. The van der Waals surface area contributed by atoms with Crippen molar-refractivity contribution in [3.63, 3.8) is 0 Å². The van der Waals surface area contributed by atoms with Gasteiger partial charge in [0.05, 0.1) is 12.7 Å². The normalized spacial score (nSPS) is 13.4. The van der Waals surface area contributed by atoms with Gasteiger partial charge in [-0.05, 0) is 24.6 Å². The van der Waals surface area contributed by atoms with E-state index in [0.29, 0.717) is 37.0 Å². The van der Waals surface area contributed by atoms with E-state index >= 15 is 0 Å². The number of carbonyl (C=O) groups is 2. The predicted molar refractivity (Wildman–Crippen MR) is 102 cm³/mol. The summed E-state index contributed by atoms with van der Waals surface area (Å²) in [6.07, 6.45) is -0.930. The number of hydrogen-bond donors (Lipinski definition) is 0. The number of carbonyl (C=O) groups excluding carboxylic acids is 2. The predicted octanol–water partition coefficient (Wildman–Crippen LogP) is 2.67. The van der Waals surface area contributed by atoms with Crippen LogP contribution in [0.1, 0.15) is 22.8 Å². The van der Waals surface area contributed by atoms with Crippen LogP contribution >= 0.6 is 0 Å². The van der Waals surface area contributed by atoms with Crippen LogP contribution in [0.3, 0.4) is 0 Å². The molecule has 3 rings (SSSR count). The molecule has 0 aliphatic carbocycles. The van der Waals surface area contributed by atoms with Gasteiger partial charge in [0.1, 0.15) is 13.2 Å². The van der Waals surface area contributed by atoms with Crippen molar-refractivity contribution >= 4 is 11.9 Å². The van der Waals surface area contributed by atoms with Crippen LogP contribution in [0.4, 0.5) is 0 Å². The van der Waals surface area contributed by atoms with E-state index in [9.17, 15) is 9.59 Å². The second kappa shape index (κ2) is 8.65. The van der Waals surface area contributed by atoms with E-state index in [1.54, 1.807) is 14.0 Å². The summed E-state index contributed by atoms with van der Waals surface area (Å²) in [5, 5.41) is 0. The van der Waals surface area contributed by atoms with Crippen LogP contribution in [0.2, 0.25) is 0 Å². The van der Waals surface area contributed by atoms with Crippen LogP contribution in [-0.4, -0.2) is 50.3 Å². The average Bonchev–Trinajstić information content (AvgIpc) is 2.72. The van der Waals surface area contributed by atoms with Crippen molar-refractivity contribution in [3.05, 3.63) is 53.6 Å². The van der Waals surface area contributed by atoms with Gasteiger partial charge in [-0.15, -0.1) is 0 Å². The number of rotatable bonds is 6. The first-order chi connectivity index (χ1) is 13.5. The van der Waals surface area contributed by atoms with E-state index in [-0.39, 0.29) is 11.5 Å². The molecule has 1 heterocycles. The summed E-state index contributed by atoms with van der Waals surface area (Å²) in [5.74, 6) is 0.324. The minimum atomic E-state index is -0.930. The Morgan fingerprint density at radius 2 is 1.86 bits per heavy atom. The quantitative estimate of drug-likeness (QED) is 0.712. The van der Waals surface area contributed by atoms with Crippen LogP contribution < -0.4 is 14.2 Å². The third-order valence-electron chi connectivity index (χ3n) is 4.33. The van der Waals surface area contributed by atoms with Gasteiger partial charge >= 0.3 is 5.97 Å². The van der Waals surface area contributed by atoms with Crippen LogP contribution in [-0.2, 0) is 16.1 Å². The average molecular weight is 385 g/mol. The van der Waals surface area contributed by atoms with Crippen molar-refractivity contribution < 1.29 is 28.5 Å². The number of hydrogen-bond acceptors (Lipinski definition) is 6. The topological polar surface area (TPSA) is 74.3 Å². The molecule has 148 valence electrons. The monoisotopic (exact) mass is 385 g/mol. The maximum Gasteiger partial charge on any atom is 0.339 e. The molecule has 2 aromatic rings. The molecule has 1 aliphatic rings. The van der Waals surface area contributed by atoms with E-state index in [1.165, 1.54) is 24.1 Å². The zero-order valence-electron chi connectivity index (χ0n) is 16.1. The zero-order valence-corrected chi connectivity index (χ0v) is 16.1. The Morgan fingerprint density at radius 1 is 1.14 bits per heavy atom. The van der Waals surface area contributed by atoms with Crippen LogP contribution in [0.25, 0.3) is 0 Å². The summed E-state index contributed by atoms with van der Waals surface area (Å²) in [6.45, 7) is 2.77. The van der Waals surface area contributed by atoms with E-state index in [1.807, 2.05) is 30.3 Å². The van der Waals surface area contributed by atoms with E-state index < -0.39 is 12.1 Å². The number of benzene rings is 2. The lowest BCUT2D eigenvalue weighted by molar-refractivity contribution is -0.139. The van der Waals surface area contributed by atoms with Crippen LogP contribution in [0.15, 0.2) is 42.5 Å². The molecule has 0 bridgehead atoms. The molecule has 0 saturated carbocycles. The Hall–Kier alpha value is -3.22. The summed E-state index contributed by atoms with van der Waals surface area (Å²) >= 11 is 0. The maximum atomic E-state index is 12.5. The summed E-state index contributed by atoms with van der Waals surface area (Å²) < 4.78 is 21.7. The Balaban J connectivity index is 1.67. The van der Waals surface area contributed by atoms with Gasteiger partial charge in [0.15, 0.2) is 17.6 Å². The number of amides is 1. The van der Waals surface area contributed by atoms with Gasteiger partial charge < -0.3 is 23.8 Å². The molecule has 0 saturated heterocycles. The Kier molecular flexibility index (Phi) is 6.03. The second-order valence-corrected chi connectivity index (χ2v) is 6.43. The van der Waals surface area contributed by atoms with Gasteiger partial charge in [0.25, 0.3) is 5.91 Å². The highest BCUT2D eigenvalue weighted by atomic mass is 16.6. The number of likely N-dealkylation sites (N-methyl/N-ethyl adjacent to an activating group) is 1.